The Morgan fingerprint density at radius 1 is 1.26 bits per heavy atom. The van der Waals surface area contributed by atoms with Crippen LogP contribution >= 0.6 is 11.3 Å². The van der Waals surface area contributed by atoms with Crippen LogP contribution in [0, 0.1) is 0 Å². The molecule has 2 heterocycles. The van der Waals surface area contributed by atoms with E-state index < -0.39 is 0 Å². The molecule has 0 bridgehead atoms. The number of aliphatic imine (C=N–C) groups is 1. The zero-order chi connectivity index (χ0) is 22.2. The molecule has 2 aromatic rings. The maximum absolute atomic E-state index is 5.39. The van der Waals surface area contributed by atoms with E-state index in [9.17, 15) is 0 Å². The van der Waals surface area contributed by atoms with Crippen molar-refractivity contribution in [1.82, 2.24) is 20.5 Å². The highest BCUT2D eigenvalue weighted by Gasteiger charge is 2.23. The average Bonchev–Trinajstić information content (AvgIpc) is 3.42. The van der Waals surface area contributed by atoms with Gasteiger partial charge in [0, 0.05) is 63.1 Å². The minimum atomic E-state index is 0.380. The van der Waals surface area contributed by atoms with Crippen molar-refractivity contribution in [3.05, 3.63) is 39.8 Å². The third-order valence-corrected chi connectivity index (χ3v) is 6.59. The number of thiazole rings is 1. The fourth-order valence-electron chi connectivity index (χ4n) is 3.71. The fourth-order valence-corrected chi connectivity index (χ4v) is 4.58. The number of benzene rings is 1. The number of methoxy groups -OCH3 is 2. The summed E-state index contributed by atoms with van der Waals surface area (Å²) in [5.41, 5.74) is 2.35. The number of aromatic nitrogens is 1. The Balaban J connectivity index is 1.45. The molecule has 1 aliphatic rings. The van der Waals surface area contributed by atoms with E-state index in [2.05, 4.69) is 51.9 Å². The lowest BCUT2D eigenvalue weighted by atomic mass is 10.2. The molecule has 0 aliphatic carbocycles. The zero-order valence-electron chi connectivity index (χ0n) is 19.3. The lowest BCUT2D eigenvalue weighted by molar-refractivity contribution is 0.321. The number of ether oxygens (including phenoxy) is 2. The molecule has 2 N–H and O–H groups in total. The summed E-state index contributed by atoms with van der Waals surface area (Å²) in [5, 5.41) is 10.4. The van der Waals surface area contributed by atoms with Gasteiger partial charge in [0.15, 0.2) is 5.96 Å². The van der Waals surface area contributed by atoms with E-state index >= 15 is 0 Å². The topological polar surface area (TPSA) is 71.0 Å². The zero-order valence-corrected chi connectivity index (χ0v) is 20.1. The van der Waals surface area contributed by atoms with E-state index in [-0.39, 0.29) is 0 Å². The molecular weight excluding hydrogens is 410 g/mol. The maximum atomic E-state index is 5.39. The fraction of sp³-hybridized carbons (Fsp3) is 0.565. The molecule has 1 aromatic carbocycles. The first kappa shape index (κ1) is 23.3. The molecule has 1 aliphatic heterocycles. The summed E-state index contributed by atoms with van der Waals surface area (Å²) in [7, 11) is 5.19. The number of hydrogen-bond donors (Lipinski definition) is 2. The minimum absolute atomic E-state index is 0.380. The lowest BCUT2D eigenvalue weighted by Crippen LogP contribution is -2.45. The second kappa shape index (κ2) is 11.3. The molecule has 0 amide bonds. The van der Waals surface area contributed by atoms with Crippen LogP contribution < -0.4 is 20.1 Å². The third-order valence-electron chi connectivity index (χ3n) is 5.39. The second-order valence-corrected chi connectivity index (χ2v) is 9.06. The Hall–Kier alpha value is -2.32. The molecule has 1 unspecified atom stereocenters. The Kier molecular flexibility index (Phi) is 8.54. The van der Waals surface area contributed by atoms with Gasteiger partial charge >= 0.3 is 0 Å². The van der Waals surface area contributed by atoms with Crippen LogP contribution in [0.5, 0.6) is 11.5 Å². The van der Waals surface area contributed by atoms with Crippen molar-refractivity contribution in [3.63, 3.8) is 0 Å². The van der Waals surface area contributed by atoms with E-state index in [0.717, 1.165) is 62.2 Å². The van der Waals surface area contributed by atoms with Gasteiger partial charge in [-0.15, -0.1) is 11.3 Å². The van der Waals surface area contributed by atoms with Gasteiger partial charge in [0.1, 0.15) is 11.5 Å². The number of guanidine groups is 1. The summed E-state index contributed by atoms with van der Waals surface area (Å²) in [6.45, 7) is 8.08. The third kappa shape index (κ3) is 6.83. The monoisotopic (exact) mass is 445 g/mol. The molecule has 7 nitrogen and oxygen atoms in total. The molecule has 1 aromatic heterocycles. The predicted molar refractivity (Wildman–Crippen MR) is 128 cm³/mol. The Labute approximate surface area is 189 Å². The molecule has 1 saturated heterocycles. The Bertz CT molecular complexity index is 845. The van der Waals surface area contributed by atoms with Gasteiger partial charge in [0.05, 0.1) is 24.9 Å². The summed E-state index contributed by atoms with van der Waals surface area (Å²) in [4.78, 5) is 11.5. The van der Waals surface area contributed by atoms with Crippen molar-refractivity contribution in [2.45, 2.75) is 45.2 Å². The molecule has 0 spiro atoms. The van der Waals surface area contributed by atoms with E-state index in [1.165, 1.54) is 10.6 Å². The number of likely N-dealkylation sites (tertiary alicyclic amines) is 1. The van der Waals surface area contributed by atoms with Gasteiger partial charge in [-0.2, -0.15) is 0 Å². The standard InChI is InChI=1S/C23H35N5O2S/c1-16(2)22-26-19(15-31-22)6-8-25-23(24-3)27-18-7-9-28(14-18)13-17-10-20(29-4)12-21(11-17)30-5/h10-12,15-16,18H,6-9,13-14H2,1-5H3,(H2,24,25,27). The molecule has 1 fully saturated rings. The first-order valence-electron chi connectivity index (χ1n) is 10.9. The van der Waals surface area contributed by atoms with Crippen LogP contribution in [0.3, 0.4) is 0 Å². The first-order chi connectivity index (χ1) is 15.0. The quantitative estimate of drug-likeness (QED) is 0.456. The van der Waals surface area contributed by atoms with Crippen LogP contribution in [0.15, 0.2) is 28.6 Å². The van der Waals surface area contributed by atoms with Crippen LogP contribution in [0.25, 0.3) is 0 Å². The molecule has 0 radical (unpaired) electrons. The maximum Gasteiger partial charge on any atom is 0.191 e. The van der Waals surface area contributed by atoms with Gasteiger partial charge < -0.3 is 20.1 Å². The number of nitrogens with one attached hydrogen (secondary N) is 2. The minimum Gasteiger partial charge on any atom is -0.497 e. The summed E-state index contributed by atoms with van der Waals surface area (Å²) in [6.07, 6.45) is 1.99. The summed E-state index contributed by atoms with van der Waals surface area (Å²) in [5.74, 6) is 3.00. The lowest BCUT2D eigenvalue weighted by Gasteiger charge is -2.19. The highest BCUT2D eigenvalue weighted by atomic mass is 32.1. The molecule has 1 atom stereocenters. The van der Waals surface area contributed by atoms with Gasteiger partial charge in [0.25, 0.3) is 0 Å². The number of rotatable bonds is 9. The normalized spacial score (nSPS) is 17.2. The molecule has 170 valence electrons. The molecular formula is C23H35N5O2S. The Morgan fingerprint density at radius 2 is 2.00 bits per heavy atom. The van der Waals surface area contributed by atoms with Crippen LogP contribution in [-0.2, 0) is 13.0 Å². The van der Waals surface area contributed by atoms with Crippen LogP contribution in [0.1, 0.15) is 42.5 Å². The van der Waals surface area contributed by atoms with E-state index in [1.807, 2.05) is 13.1 Å². The van der Waals surface area contributed by atoms with Crippen LogP contribution in [-0.4, -0.2) is 62.8 Å². The van der Waals surface area contributed by atoms with Crippen LogP contribution in [0.2, 0.25) is 0 Å². The van der Waals surface area contributed by atoms with Crippen molar-refractivity contribution in [1.29, 1.82) is 0 Å². The molecule has 3 rings (SSSR count). The van der Waals surface area contributed by atoms with Gasteiger partial charge in [-0.3, -0.25) is 9.89 Å². The van der Waals surface area contributed by atoms with Gasteiger partial charge in [-0.1, -0.05) is 13.8 Å². The second-order valence-electron chi connectivity index (χ2n) is 8.17. The first-order valence-corrected chi connectivity index (χ1v) is 11.7. The summed E-state index contributed by atoms with van der Waals surface area (Å²) in [6, 6.07) is 6.44. The SMILES string of the molecule is CN=C(NCCc1csc(C(C)C)n1)NC1CCN(Cc2cc(OC)cc(OC)c2)C1. The van der Waals surface area contributed by atoms with Crippen LogP contribution in [0.4, 0.5) is 0 Å². The summed E-state index contributed by atoms with van der Waals surface area (Å²) >= 11 is 1.75. The smallest absolute Gasteiger partial charge is 0.191 e. The predicted octanol–water partition coefficient (Wildman–Crippen LogP) is 3.27. The van der Waals surface area contributed by atoms with Crippen molar-refractivity contribution >= 4 is 17.3 Å². The number of nitrogens with zero attached hydrogens (tertiary/aromatic N) is 3. The average molecular weight is 446 g/mol. The van der Waals surface area contributed by atoms with Crippen molar-refractivity contribution < 1.29 is 9.47 Å². The molecule has 31 heavy (non-hydrogen) atoms. The van der Waals surface area contributed by atoms with Crippen molar-refractivity contribution in [3.8, 4) is 11.5 Å². The largest absolute Gasteiger partial charge is 0.497 e. The molecule has 8 heteroatoms. The highest BCUT2D eigenvalue weighted by molar-refractivity contribution is 7.09. The van der Waals surface area contributed by atoms with Gasteiger partial charge in [-0.05, 0) is 24.1 Å². The highest BCUT2D eigenvalue weighted by Crippen LogP contribution is 2.24. The van der Waals surface area contributed by atoms with E-state index in [4.69, 9.17) is 14.5 Å². The van der Waals surface area contributed by atoms with Gasteiger partial charge in [-0.25, -0.2) is 4.98 Å². The van der Waals surface area contributed by atoms with E-state index in [0.29, 0.717) is 12.0 Å². The van der Waals surface area contributed by atoms with E-state index in [1.54, 1.807) is 25.6 Å². The van der Waals surface area contributed by atoms with Gasteiger partial charge in [0.2, 0.25) is 0 Å². The number of hydrogen-bond acceptors (Lipinski definition) is 6. The Morgan fingerprint density at radius 3 is 2.61 bits per heavy atom. The summed E-state index contributed by atoms with van der Waals surface area (Å²) < 4.78 is 10.8. The van der Waals surface area contributed by atoms with Crippen molar-refractivity contribution in [2.75, 3.05) is 40.9 Å². The van der Waals surface area contributed by atoms with Crippen molar-refractivity contribution in [2.24, 2.45) is 4.99 Å². The molecule has 0 saturated carbocycles.